The van der Waals surface area contributed by atoms with E-state index in [1.807, 2.05) is 0 Å². The first-order chi connectivity index (χ1) is 31.3. The quantitative estimate of drug-likeness (QED) is 0.0236. The van der Waals surface area contributed by atoms with Gasteiger partial charge in [-0.05, 0) is 96.3 Å². The van der Waals surface area contributed by atoms with Crippen LogP contribution in [0.15, 0.2) is 97.2 Å². The molecule has 0 rings (SSSR count). The van der Waals surface area contributed by atoms with Crippen molar-refractivity contribution in [3.8, 4) is 0 Å². The number of carbonyl (C=O) groups excluding carboxylic acids is 1. The summed E-state index contributed by atoms with van der Waals surface area (Å²) in [5, 5.41) is 18.4. The summed E-state index contributed by atoms with van der Waals surface area (Å²) in [5.41, 5.74) is 0. The first-order valence-corrected chi connectivity index (χ1v) is 26.7. The predicted octanol–water partition coefficient (Wildman–Crippen LogP) is 14.8. The normalized spacial score (nSPS) is 14.6. The Hall–Kier alpha value is -2.62. The Kier molecular flexibility index (Phi) is 47.8. The number of hydrogen-bond acceptors (Lipinski definition) is 8. The van der Waals surface area contributed by atoms with Gasteiger partial charge >= 0.3 is 13.8 Å². The zero-order valence-corrected chi connectivity index (χ0v) is 41.4. The number of unbranched alkanes of at least 4 members (excludes halogenated alkanes) is 17. The standard InChI is InChI=1S/C54H93O9P/c1-3-5-7-9-11-13-15-17-19-21-23-25-26-27-28-30-32-34-36-38-40-42-44-46-54(57)63-53(51-62-64(58,59)61-49-52(56)48-55)50-60-47-45-43-41-39-37-35-33-31-29-24-22-20-18-16-14-12-10-8-6-4-2/h5,7,11-14,17-20,23-25,27-29,52-53,55-56H,3-4,6,8-10,15-16,21-22,26,30-51H2,1-2H3,(H,58,59)/b7-5-,13-11-,14-12-,19-17-,20-18-,25-23-,28-27-,29-24-. The van der Waals surface area contributed by atoms with Gasteiger partial charge in [0.1, 0.15) is 12.2 Å². The van der Waals surface area contributed by atoms with Crippen LogP contribution in [0.1, 0.15) is 194 Å². The fourth-order valence-corrected chi connectivity index (χ4v) is 7.24. The number of esters is 1. The summed E-state index contributed by atoms with van der Waals surface area (Å²) >= 11 is 0. The number of aliphatic hydroxyl groups excluding tert-OH is 2. The highest BCUT2D eigenvalue weighted by atomic mass is 31.2. The third kappa shape index (κ3) is 48.8. The summed E-state index contributed by atoms with van der Waals surface area (Å²) in [5.74, 6) is -0.401. The highest BCUT2D eigenvalue weighted by Gasteiger charge is 2.26. The summed E-state index contributed by atoms with van der Waals surface area (Å²) in [6, 6.07) is 0. The van der Waals surface area contributed by atoms with Gasteiger partial charge in [-0.15, -0.1) is 0 Å². The predicted molar refractivity (Wildman–Crippen MR) is 269 cm³/mol. The molecule has 0 aromatic heterocycles. The van der Waals surface area contributed by atoms with Crippen molar-refractivity contribution < 1.29 is 43.0 Å². The van der Waals surface area contributed by atoms with E-state index < -0.39 is 45.8 Å². The Morgan fingerprint density at radius 3 is 1.34 bits per heavy atom. The smallest absolute Gasteiger partial charge is 0.457 e. The minimum absolute atomic E-state index is 0.0319. The molecule has 0 amide bonds. The van der Waals surface area contributed by atoms with Crippen LogP contribution in [0.25, 0.3) is 0 Å². The topological polar surface area (TPSA) is 132 Å². The molecule has 10 heteroatoms. The Morgan fingerprint density at radius 1 is 0.500 bits per heavy atom. The van der Waals surface area contributed by atoms with Crippen LogP contribution < -0.4 is 0 Å². The van der Waals surface area contributed by atoms with Crippen LogP contribution in [0.3, 0.4) is 0 Å². The third-order valence-corrected chi connectivity index (χ3v) is 11.2. The van der Waals surface area contributed by atoms with Gasteiger partial charge in [-0.3, -0.25) is 13.8 Å². The molecule has 0 aliphatic heterocycles. The number of carbonyl (C=O) groups is 1. The van der Waals surface area contributed by atoms with Gasteiger partial charge in [-0.1, -0.05) is 188 Å². The van der Waals surface area contributed by atoms with Crippen molar-refractivity contribution in [1.29, 1.82) is 0 Å². The molecule has 9 nitrogen and oxygen atoms in total. The summed E-state index contributed by atoms with van der Waals surface area (Å²) in [4.78, 5) is 22.7. The van der Waals surface area contributed by atoms with Crippen LogP contribution in [0.4, 0.5) is 0 Å². The molecule has 0 aliphatic carbocycles. The van der Waals surface area contributed by atoms with E-state index in [-0.39, 0.29) is 13.0 Å². The Bertz CT molecular complexity index is 1320. The maximum atomic E-state index is 12.7. The molecule has 3 N–H and O–H groups in total. The molecule has 0 aromatic rings. The molecule has 64 heavy (non-hydrogen) atoms. The van der Waals surface area contributed by atoms with Gasteiger partial charge in [0.15, 0.2) is 0 Å². The molecular formula is C54H93O9P. The number of allylic oxidation sites excluding steroid dienone is 16. The number of phosphoric acid groups is 1. The lowest BCUT2D eigenvalue weighted by Crippen LogP contribution is -2.29. The van der Waals surface area contributed by atoms with E-state index in [9.17, 15) is 19.4 Å². The van der Waals surface area contributed by atoms with Crippen molar-refractivity contribution in [2.24, 2.45) is 0 Å². The highest BCUT2D eigenvalue weighted by molar-refractivity contribution is 7.47. The van der Waals surface area contributed by atoms with Gasteiger partial charge in [0, 0.05) is 13.0 Å². The van der Waals surface area contributed by atoms with Crippen molar-refractivity contribution in [2.75, 3.05) is 33.0 Å². The van der Waals surface area contributed by atoms with Gasteiger partial charge in [0.25, 0.3) is 0 Å². The van der Waals surface area contributed by atoms with Gasteiger partial charge in [-0.25, -0.2) is 4.57 Å². The van der Waals surface area contributed by atoms with Crippen LogP contribution in [0.2, 0.25) is 0 Å². The second-order valence-electron chi connectivity index (χ2n) is 16.4. The van der Waals surface area contributed by atoms with Crippen molar-refractivity contribution in [3.63, 3.8) is 0 Å². The zero-order chi connectivity index (χ0) is 46.7. The molecule has 0 aliphatic rings. The summed E-state index contributed by atoms with van der Waals surface area (Å²) in [6.45, 7) is 3.33. The van der Waals surface area contributed by atoms with Gasteiger partial charge in [-0.2, -0.15) is 0 Å². The molecule has 0 bridgehead atoms. The van der Waals surface area contributed by atoms with E-state index in [4.69, 9.17) is 23.6 Å². The van der Waals surface area contributed by atoms with Crippen LogP contribution >= 0.6 is 7.82 Å². The van der Waals surface area contributed by atoms with Crippen molar-refractivity contribution in [2.45, 2.75) is 206 Å². The summed E-state index contributed by atoms with van der Waals surface area (Å²) in [7, 11) is -4.54. The second kappa shape index (κ2) is 49.8. The van der Waals surface area contributed by atoms with E-state index in [1.165, 1.54) is 70.6 Å². The molecule has 0 aromatic carbocycles. The molecule has 0 saturated carbocycles. The SMILES string of the molecule is CC/C=C\C/C=C\C/C=C\C/C=C\C/C=C\CCCCCCCCCC(=O)OC(COCCCCCCCCC/C=C\C/C=C\C/C=C\CCCCC)COP(=O)(O)OCC(O)CO. The number of phosphoric ester groups is 1. The fraction of sp³-hybridized carbons (Fsp3) is 0.685. The molecule has 3 atom stereocenters. The molecule has 0 saturated heterocycles. The Labute approximate surface area is 391 Å². The molecule has 0 spiro atoms. The maximum absolute atomic E-state index is 12.7. The van der Waals surface area contributed by atoms with E-state index in [1.54, 1.807) is 0 Å². The van der Waals surface area contributed by atoms with Gasteiger partial charge in [0.2, 0.25) is 0 Å². The minimum Gasteiger partial charge on any atom is -0.457 e. The first-order valence-electron chi connectivity index (χ1n) is 25.2. The van der Waals surface area contributed by atoms with Crippen LogP contribution in [0, 0.1) is 0 Å². The molecule has 0 fully saturated rings. The van der Waals surface area contributed by atoms with Crippen LogP contribution in [0.5, 0.6) is 0 Å². The van der Waals surface area contributed by atoms with Crippen molar-refractivity contribution in [1.82, 2.24) is 0 Å². The van der Waals surface area contributed by atoms with E-state index in [2.05, 4.69) is 111 Å². The lowest BCUT2D eigenvalue weighted by Gasteiger charge is -2.20. The molecular weight excluding hydrogens is 824 g/mol. The fourth-order valence-electron chi connectivity index (χ4n) is 6.45. The Morgan fingerprint density at radius 2 is 0.891 bits per heavy atom. The lowest BCUT2D eigenvalue weighted by atomic mass is 10.1. The van der Waals surface area contributed by atoms with E-state index >= 15 is 0 Å². The number of aliphatic hydroxyl groups is 2. The third-order valence-electron chi connectivity index (χ3n) is 10.3. The number of ether oxygens (including phenoxy) is 2. The van der Waals surface area contributed by atoms with Crippen LogP contribution in [-0.4, -0.2) is 66.3 Å². The van der Waals surface area contributed by atoms with Gasteiger partial charge in [0.05, 0.1) is 26.4 Å². The molecule has 368 valence electrons. The van der Waals surface area contributed by atoms with Crippen molar-refractivity contribution >= 4 is 13.8 Å². The summed E-state index contributed by atoms with van der Waals surface area (Å²) < 4.78 is 33.5. The first kappa shape index (κ1) is 61.4. The van der Waals surface area contributed by atoms with E-state index in [0.717, 1.165) is 96.3 Å². The molecule has 0 radical (unpaired) electrons. The zero-order valence-electron chi connectivity index (χ0n) is 40.5. The van der Waals surface area contributed by atoms with Gasteiger partial charge < -0.3 is 24.6 Å². The van der Waals surface area contributed by atoms with Crippen LogP contribution in [-0.2, 0) is 27.9 Å². The molecule has 3 unspecified atom stereocenters. The average molecular weight is 917 g/mol. The minimum atomic E-state index is -4.54. The highest BCUT2D eigenvalue weighted by Crippen LogP contribution is 2.43. The average Bonchev–Trinajstić information content (AvgIpc) is 3.29. The monoisotopic (exact) mass is 917 g/mol. The second-order valence-corrected chi connectivity index (χ2v) is 17.9. The summed E-state index contributed by atoms with van der Waals surface area (Å²) in [6.07, 6.45) is 63.6. The lowest BCUT2D eigenvalue weighted by molar-refractivity contribution is -0.154. The largest absolute Gasteiger partial charge is 0.472 e. The number of hydrogen-bond donors (Lipinski definition) is 3. The van der Waals surface area contributed by atoms with Crippen molar-refractivity contribution in [3.05, 3.63) is 97.2 Å². The van der Waals surface area contributed by atoms with E-state index in [0.29, 0.717) is 13.0 Å². The number of rotatable bonds is 47. The maximum Gasteiger partial charge on any atom is 0.472 e. The molecule has 0 heterocycles. The Balaban J connectivity index is 4.17.